The monoisotopic (exact) mass is 278 g/mol. The van der Waals surface area contributed by atoms with Crippen molar-refractivity contribution in [3.8, 4) is 0 Å². The number of carbonyl (C=O) groups excluding carboxylic acids is 2. The van der Waals surface area contributed by atoms with Gasteiger partial charge in [-0.3, -0.25) is 9.59 Å². The molecule has 1 aliphatic carbocycles. The second-order valence-corrected chi connectivity index (χ2v) is 6.76. The molecule has 5 heteroatoms. The highest BCUT2D eigenvalue weighted by Gasteiger charge is 2.52. The first-order valence-electron chi connectivity index (χ1n) is 7.95. The van der Waals surface area contributed by atoms with Crippen LogP contribution in [0, 0.1) is 0 Å². The SMILES string of the molecule is O=C1CCN(C2CC3CCC2O3)C(=O)C2(CCCC2)N1. The molecule has 5 nitrogen and oxygen atoms in total. The predicted molar refractivity (Wildman–Crippen MR) is 72.0 cm³/mol. The molecule has 1 N–H and O–H groups in total. The van der Waals surface area contributed by atoms with Crippen molar-refractivity contribution in [3.63, 3.8) is 0 Å². The Hall–Kier alpha value is -1.10. The highest BCUT2D eigenvalue weighted by Crippen LogP contribution is 2.40. The Kier molecular flexibility index (Phi) is 2.81. The predicted octanol–water partition coefficient (Wildman–Crippen LogP) is 0.968. The number of nitrogens with one attached hydrogen (secondary N) is 1. The standard InChI is InChI=1S/C15H22N2O3/c18-13-5-8-17(11-9-10-3-4-12(11)20-10)14(19)15(16-13)6-1-2-7-15/h10-12H,1-9H2,(H,16,18). The van der Waals surface area contributed by atoms with Gasteiger partial charge in [-0.15, -0.1) is 0 Å². The summed E-state index contributed by atoms with van der Waals surface area (Å²) in [5, 5.41) is 3.03. The third-order valence-corrected chi connectivity index (χ3v) is 5.56. The third-order valence-electron chi connectivity index (χ3n) is 5.56. The highest BCUT2D eigenvalue weighted by atomic mass is 16.5. The van der Waals surface area contributed by atoms with E-state index in [2.05, 4.69) is 5.32 Å². The van der Waals surface area contributed by atoms with Gasteiger partial charge in [-0.2, -0.15) is 0 Å². The topological polar surface area (TPSA) is 58.6 Å². The molecular weight excluding hydrogens is 256 g/mol. The van der Waals surface area contributed by atoms with Gasteiger partial charge in [0.25, 0.3) is 0 Å². The lowest BCUT2D eigenvalue weighted by Gasteiger charge is -2.37. The number of nitrogens with zero attached hydrogens (tertiary/aromatic N) is 1. The summed E-state index contributed by atoms with van der Waals surface area (Å²) in [6.07, 6.45) is 7.80. The van der Waals surface area contributed by atoms with E-state index in [0.29, 0.717) is 19.1 Å². The molecule has 0 aromatic rings. The number of hydrogen-bond acceptors (Lipinski definition) is 3. The van der Waals surface area contributed by atoms with Gasteiger partial charge in [0.15, 0.2) is 0 Å². The molecule has 0 aromatic carbocycles. The van der Waals surface area contributed by atoms with Crippen LogP contribution >= 0.6 is 0 Å². The largest absolute Gasteiger partial charge is 0.373 e. The molecule has 0 aromatic heterocycles. The van der Waals surface area contributed by atoms with Gasteiger partial charge in [-0.1, -0.05) is 12.8 Å². The Labute approximate surface area is 119 Å². The molecule has 110 valence electrons. The smallest absolute Gasteiger partial charge is 0.248 e. The molecule has 3 unspecified atom stereocenters. The van der Waals surface area contributed by atoms with E-state index in [1.807, 2.05) is 4.90 Å². The normalized spacial score (nSPS) is 39.4. The lowest BCUT2D eigenvalue weighted by molar-refractivity contribution is -0.141. The molecule has 4 rings (SSSR count). The quantitative estimate of drug-likeness (QED) is 0.777. The van der Waals surface area contributed by atoms with Crippen LogP contribution in [0.3, 0.4) is 0 Å². The van der Waals surface area contributed by atoms with Crippen LogP contribution in [-0.4, -0.2) is 47.0 Å². The lowest BCUT2D eigenvalue weighted by Crippen LogP contribution is -2.58. The summed E-state index contributed by atoms with van der Waals surface area (Å²) in [6, 6.07) is 0.200. The van der Waals surface area contributed by atoms with E-state index in [1.165, 1.54) is 0 Å². The molecule has 20 heavy (non-hydrogen) atoms. The van der Waals surface area contributed by atoms with Crippen LogP contribution in [0.25, 0.3) is 0 Å². The van der Waals surface area contributed by atoms with Crippen LogP contribution in [0.4, 0.5) is 0 Å². The zero-order chi connectivity index (χ0) is 13.7. The molecule has 4 fully saturated rings. The van der Waals surface area contributed by atoms with Crippen molar-refractivity contribution in [2.75, 3.05) is 6.54 Å². The fraction of sp³-hybridized carbons (Fsp3) is 0.867. The number of ether oxygens (including phenoxy) is 1. The highest BCUT2D eigenvalue weighted by molar-refractivity contribution is 5.94. The molecule has 2 amide bonds. The fourth-order valence-electron chi connectivity index (χ4n) is 4.55. The van der Waals surface area contributed by atoms with Crippen LogP contribution in [-0.2, 0) is 14.3 Å². The number of rotatable bonds is 1. The van der Waals surface area contributed by atoms with E-state index in [1.54, 1.807) is 0 Å². The van der Waals surface area contributed by atoms with Crippen molar-refractivity contribution in [3.05, 3.63) is 0 Å². The first kappa shape index (κ1) is 12.6. The van der Waals surface area contributed by atoms with Gasteiger partial charge in [-0.25, -0.2) is 0 Å². The van der Waals surface area contributed by atoms with E-state index in [-0.39, 0.29) is 24.0 Å². The van der Waals surface area contributed by atoms with Crippen LogP contribution < -0.4 is 5.32 Å². The van der Waals surface area contributed by atoms with E-state index in [0.717, 1.165) is 44.9 Å². The molecule has 1 saturated carbocycles. The van der Waals surface area contributed by atoms with E-state index in [4.69, 9.17) is 4.74 Å². The van der Waals surface area contributed by atoms with Crippen molar-refractivity contribution in [1.29, 1.82) is 0 Å². The Balaban J connectivity index is 1.62. The number of fused-ring (bicyclic) bond motifs is 2. The van der Waals surface area contributed by atoms with Crippen molar-refractivity contribution >= 4 is 11.8 Å². The fourth-order valence-corrected chi connectivity index (χ4v) is 4.55. The Morgan fingerprint density at radius 3 is 2.65 bits per heavy atom. The molecule has 3 aliphatic heterocycles. The molecule has 2 bridgehead atoms. The molecule has 4 aliphatic rings. The average molecular weight is 278 g/mol. The van der Waals surface area contributed by atoms with Gasteiger partial charge < -0.3 is 15.0 Å². The Morgan fingerprint density at radius 2 is 2.00 bits per heavy atom. The van der Waals surface area contributed by atoms with Crippen LogP contribution in [0.15, 0.2) is 0 Å². The Bertz CT molecular complexity index is 444. The van der Waals surface area contributed by atoms with E-state index < -0.39 is 5.54 Å². The van der Waals surface area contributed by atoms with Gasteiger partial charge in [0.1, 0.15) is 5.54 Å². The van der Waals surface area contributed by atoms with Gasteiger partial charge in [0.05, 0.1) is 18.2 Å². The second-order valence-electron chi connectivity index (χ2n) is 6.76. The first-order chi connectivity index (χ1) is 9.68. The van der Waals surface area contributed by atoms with Gasteiger partial charge in [-0.05, 0) is 32.1 Å². The summed E-state index contributed by atoms with van der Waals surface area (Å²) >= 11 is 0. The molecule has 3 heterocycles. The van der Waals surface area contributed by atoms with E-state index in [9.17, 15) is 9.59 Å². The molecule has 0 radical (unpaired) electrons. The first-order valence-corrected chi connectivity index (χ1v) is 7.95. The summed E-state index contributed by atoms with van der Waals surface area (Å²) < 4.78 is 5.91. The maximum atomic E-state index is 13.0. The zero-order valence-corrected chi connectivity index (χ0v) is 11.8. The minimum absolute atomic E-state index is 0.0341. The van der Waals surface area contributed by atoms with Crippen LogP contribution in [0.1, 0.15) is 51.4 Å². The Morgan fingerprint density at radius 1 is 1.20 bits per heavy atom. The van der Waals surface area contributed by atoms with Crippen molar-refractivity contribution < 1.29 is 14.3 Å². The third kappa shape index (κ3) is 1.79. The minimum Gasteiger partial charge on any atom is -0.373 e. The summed E-state index contributed by atoms with van der Waals surface area (Å²) in [4.78, 5) is 27.0. The maximum Gasteiger partial charge on any atom is 0.248 e. The van der Waals surface area contributed by atoms with E-state index >= 15 is 0 Å². The van der Waals surface area contributed by atoms with Crippen LogP contribution in [0.5, 0.6) is 0 Å². The van der Waals surface area contributed by atoms with Gasteiger partial charge in [0, 0.05) is 13.0 Å². The van der Waals surface area contributed by atoms with Crippen molar-refractivity contribution in [1.82, 2.24) is 10.2 Å². The van der Waals surface area contributed by atoms with Gasteiger partial charge in [0.2, 0.25) is 11.8 Å². The average Bonchev–Trinajstić information content (AvgIpc) is 3.13. The molecule has 1 spiro atoms. The summed E-state index contributed by atoms with van der Waals surface area (Å²) in [5.41, 5.74) is -0.602. The van der Waals surface area contributed by atoms with Crippen molar-refractivity contribution in [2.45, 2.75) is 75.2 Å². The van der Waals surface area contributed by atoms with Crippen LogP contribution in [0.2, 0.25) is 0 Å². The molecule has 3 saturated heterocycles. The summed E-state index contributed by atoms with van der Waals surface area (Å²) in [6.45, 7) is 0.559. The molecular formula is C15H22N2O3. The lowest BCUT2D eigenvalue weighted by atomic mass is 9.90. The number of carbonyl (C=O) groups is 2. The zero-order valence-electron chi connectivity index (χ0n) is 11.8. The second kappa shape index (κ2) is 4.45. The maximum absolute atomic E-state index is 13.0. The number of hydrogen-bond donors (Lipinski definition) is 1. The number of amides is 2. The van der Waals surface area contributed by atoms with Gasteiger partial charge >= 0.3 is 0 Å². The summed E-state index contributed by atoms with van der Waals surface area (Å²) in [5.74, 6) is 0.189. The molecule has 3 atom stereocenters. The summed E-state index contributed by atoms with van der Waals surface area (Å²) in [7, 11) is 0. The van der Waals surface area contributed by atoms with Crippen molar-refractivity contribution in [2.24, 2.45) is 0 Å². The minimum atomic E-state index is -0.602.